The average molecular weight is 209 g/mol. The van der Waals surface area contributed by atoms with E-state index < -0.39 is 0 Å². The highest BCUT2D eigenvalue weighted by molar-refractivity contribution is 7.99. The van der Waals surface area contributed by atoms with E-state index in [0.717, 1.165) is 5.88 Å². The largest absolute Gasteiger partial charge is 0.162 e. The van der Waals surface area contributed by atoms with Crippen LogP contribution in [0.1, 0.15) is 39.5 Å². The third kappa shape index (κ3) is 8.73. The predicted molar refractivity (Wildman–Crippen MR) is 61.4 cm³/mol. The van der Waals surface area contributed by atoms with E-state index >= 15 is 0 Å². The minimum atomic E-state index is 0.683. The SMILES string of the molecule is CCCCCCSCC(C)CCl. The average Bonchev–Trinajstić information content (AvgIpc) is 2.10. The lowest BCUT2D eigenvalue weighted by Gasteiger charge is -2.05. The molecule has 0 aliphatic heterocycles. The molecule has 0 aliphatic carbocycles. The molecule has 2 heteroatoms. The van der Waals surface area contributed by atoms with E-state index in [0.29, 0.717) is 5.92 Å². The Morgan fingerprint density at radius 3 is 2.58 bits per heavy atom. The summed E-state index contributed by atoms with van der Waals surface area (Å²) in [7, 11) is 0. The van der Waals surface area contributed by atoms with Crippen LogP contribution in [0.4, 0.5) is 0 Å². The maximum Gasteiger partial charge on any atom is 0.0257 e. The molecule has 0 aromatic heterocycles. The number of hydrogen-bond acceptors (Lipinski definition) is 1. The molecule has 74 valence electrons. The second-order valence-corrected chi connectivity index (χ2v) is 4.85. The maximum atomic E-state index is 5.70. The lowest BCUT2D eigenvalue weighted by atomic mass is 10.2. The summed E-state index contributed by atoms with van der Waals surface area (Å²) in [5.74, 6) is 4.04. The van der Waals surface area contributed by atoms with Gasteiger partial charge in [-0.15, -0.1) is 11.6 Å². The van der Waals surface area contributed by atoms with Crippen molar-refractivity contribution in [3.63, 3.8) is 0 Å². The molecule has 0 radical (unpaired) electrons. The molecule has 0 aliphatic rings. The first-order valence-corrected chi connectivity index (χ1v) is 6.63. The van der Waals surface area contributed by atoms with Crippen LogP contribution in [0.2, 0.25) is 0 Å². The molecule has 0 aromatic rings. The van der Waals surface area contributed by atoms with Crippen molar-refractivity contribution in [2.24, 2.45) is 5.92 Å². The second-order valence-electron chi connectivity index (χ2n) is 3.40. The molecule has 0 heterocycles. The summed E-state index contributed by atoms with van der Waals surface area (Å²) < 4.78 is 0. The zero-order valence-electron chi connectivity index (χ0n) is 8.31. The van der Waals surface area contributed by atoms with Gasteiger partial charge in [0.15, 0.2) is 0 Å². The van der Waals surface area contributed by atoms with Crippen LogP contribution in [0.15, 0.2) is 0 Å². The summed E-state index contributed by atoms with van der Waals surface area (Å²) in [5.41, 5.74) is 0. The van der Waals surface area contributed by atoms with Gasteiger partial charge in [-0.25, -0.2) is 0 Å². The number of thioether (sulfide) groups is 1. The van der Waals surface area contributed by atoms with E-state index in [9.17, 15) is 0 Å². The number of rotatable bonds is 8. The van der Waals surface area contributed by atoms with Gasteiger partial charge >= 0.3 is 0 Å². The van der Waals surface area contributed by atoms with Gasteiger partial charge in [0.2, 0.25) is 0 Å². The van der Waals surface area contributed by atoms with Crippen LogP contribution in [-0.4, -0.2) is 17.4 Å². The topological polar surface area (TPSA) is 0 Å². The number of hydrogen-bond donors (Lipinski definition) is 0. The first-order chi connectivity index (χ1) is 5.81. The lowest BCUT2D eigenvalue weighted by molar-refractivity contribution is 0.704. The molecule has 1 unspecified atom stereocenters. The molecule has 0 nitrogen and oxygen atoms in total. The van der Waals surface area contributed by atoms with E-state index in [1.54, 1.807) is 0 Å². The molecule has 12 heavy (non-hydrogen) atoms. The lowest BCUT2D eigenvalue weighted by Crippen LogP contribution is -1.99. The quantitative estimate of drug-likeness (QED) is 0.426. The van der Waals surface area contributed by atoms with Crippen LogP contribution in [0.3, 0.4) is 0 Å². The first-order valence-electron chi connectivity index (χ1n) is 4.95. The van der Waals surface area contributed by atoms with E-state index in [1.807, 2.05) is 0 Å². The van der Waals surface area contributed by atoms with Crippen LogP contribution in [0.5, 0.6) is 0 Å². The molecule has 0 spiro atoms. The summed E-state index contributed by atoms with van der Waals surface area (Å²) in [4.78, 5) is 0. The fraction of sp³-hybridized carbons (Fsp3) is 1.00. The Labute approximate surface area is 86.5 Å². The number of unbranched alkanes of at least 4 members (excludes halogenated alkanes) is 3. The summed E-state index contributed by atoms with van der Waals surface area (Å²) in [6.45, 7) is 4.47. The van der Waals surface area contributed by atoms with Crippen LogP contribution >= 0.6 is 23.4 Å². The van der Waals surface area contributed by atoms with Crippen molar-refractivity contribution in [1.29, 1.82) is 0 Å². The van der Waals surface area contributed by atoms with Crippen LogP contribution in [0, 0.1) is 5.92 Å². The first kappa shape index (κ1) is 12.6. The van der Waals surface area contributed by atoms with Gasteiger partial charge in [0.25, 0.3) is 0 Å². The third-order valence-electron chi connectivity index (χ3n) is 1.81. The molecule has 0 fully saturated rings. The fourth-order valence-electron chi connectivity index (χ4n) is 0.960. The van der Waals surface area contributed by atoms with E-state index in [1.165, 1.54) is 37.2 Å². The Bertz CT molecular complexity index is 85.9. The van der Waals surface area contributed by atoms with Crippen LogP contribution in [-0.2, 0) is 0 Å². The molecular weight excluding hydrogens is 188 g/mol. The van der Waals surface area contributed by atoms with Gasteiger partial charge in [0, 0.05) is 5.88 Å². The van der Waals surface area contributed by atoms with Gasteiger partial charge in [-0.05, 0) is 23.8 Å². The Morgan fingerprint density at radius 2 is 2.00 bits per heavy atom. The van der Waals surface area contributed by atoms with Crippen molar-refractivity contribution in [1.82, 2.24) is 0 Å². The molecule has 1 atom stereocenters. The van der Waals surface area contributed by atoms with Gasteiger partial charge in [-0.2, -0.15) is 11.8 Å². The zero-order chi connectivity index (χ0) is 9.23. The summed E-state index contributed by atoms with van der Waals surface area (Å²) >= 11 is 7.75. The normalized spacial score (nSPS) is 13.2. The van der Waals surface area contributed by atoms with Crippen molar-refractivity contribution in [2.75, 3.05) is 17.4 Å². The van der Waals surface area contributed by atoms with Crippen molar-refractivity contribution >= 4 is 23.4 Å². The monoisotopic (exact) mass is 208 g/mol. The molecule has 0 rings (SSSR count). The van der Waals surface area contributed by atoms with Crippen molar-refractivity contribution in [3.8, 4) is 0 Å². The Kier molecular flexibility index (Phi) is 10.2. The van der Waals surface area contributed by atoms with Crippen LogP contribution in [0.25, 0.3) is 0 Å². The molecule has 0 amide bonds. The second kappa shape index (κ2) is 9.73. The summed E-state index contributed by atoms with van der Waals surface area (Å²) in [6.07, 6.45) is 5.51. The fourth-order valence-corrected chi connectivity index (χ4v) is 2.29. The highest BCUT2D eigenvalue weighted by atomic mass is 35.5. The molecular formula is C10H21ClS. The Balaban J connectivity index is 2.90. The molecule has 0 saturated carbocycles. The van der Waals surface area contributed by atoms with Crippen molar-refractivity contribution in [2.45, 2.75) is 39.5 Å². The Morgan fingerprint density at radius 1 is 1.25 bits per heavy atom. The summed E-state index contributed by atoms with van der Waals surface area (Å²) in [6, 6.07) is 0. The molecule has 0 N–H and O–H groups in total. The van der Waals surface area contributed by atoms with Gasteiger partial charge in [-0.3, -0.25) is 0 Å². The van der Waals surface area contributed by atoms with E-state index in [2.05, 4.69) is 25.6 Å². The van der Waals surface area contributed by atoms with Crippen LogP contribution < -0.4 is 0 Å². The predicted octanol–water partition coefficient (Wildman–Crippen LogP) is 4.17. The zero-order valence-corrected chi connectivity index (χ0v) is 9.89. The number of halogens is 1. The minimum Gasteiger partial charge on any atom is -0.162 e. The van der Waals surface area contributed by atoms with Crippen molar-refractivity contribution in [3.05, 3.63) is 0 Å². The third-order valence-corrected chi connectivity index (χ3v) is 3.72. The minimum absolute atomic E-state index is 0.683. The van der Waals surface area contributed by atoms with Gasteiger partial charge < -0.3 is 0 Å². The summed E-state index contributed by atoms with van der Waals surface area (Å²) in [5, 5.41) is 0. The smallest absolute Gasteiger partial charge is 0.0257 e. The standard InChI is InChI=1S/C10H21ClS/c1-3-4-5-6-7-12-9-10(2)8-11/h10H,3-9H2,1-2H3. The van der Waals surface area contributed by atoms with E-state index in [4.69, 9.17) is 11.6 Å². The van der Waals surface area contributed by atoms with Gasteiger partial charge in [0.1, 0.15) is 0 Å². The number of alkyl halides is 1. The van der Waals surface area contributed by atoms with Crippen molar-refractivity contribution < 1.29 is 0 Å². The van der Waals surface area contributed by atoms with Gasteiger partial charge in [0.05, 0.1) is 0 Å². The highest BCUT2D eigenvalue weighted by Crippen LogP contribution is 2.12. The highest BCUT2D eigenvalue weighted by Gasteiger charge is 1.98. The molecule has 0 bridgehead atoms. The maximum absolute atomic E-state index is 5.70. The molecule has 0 aromatic carbocycles. The van der Waals surface area contributed by atoms with E-state index in [-0.39, 0.29) is 0 Å². The Hall–Kier alpha value is 0.640. The molecule has 0 saturated heterocycles. The van der Waals surface area contributed by atoms with Gasteiger partial charge in [-0.1, -0.05) is 33.1 Å².